The average molecular weight is 252 g/mol. The molecular formula is C13H11F3N2. The van der Waals surface area contributed by atoms with Crippen LogP contribution in [0, 0.1) is 17.5 Å². The molecule has 0 spiro atoms. The molecule has 1 atom stereocenters. The van der Waals surface area contributed by atoms with Gasteiger partial charge in [-0.05, 0) is 18.6 Å². The number of allylic oxidation sites excluding steroid dienone is 1. The predicted octanol–water partition coefficient (Wildman–Crippen LogP) is 2.81. The number of hydrogen-bond acceptors (Lipinski definition) is 2. The molecule has 94 valence electrons. The molecule has 0 bridgehead atoms. The molecule has 18 heavy (non-hydrogen) atoms. The van der Waals surface area contributed by atoms with Crippen LogP contribution >= 0.6 is 0 Å². The zero-order valence-electron chi connectivity index (χ0n) is 9.51. The SMILES string of the molecule is C=C1NC=C2C[C@H](c3c(F)ccc(F)c3F)CN12. The molecule has 1 aromatic rings. The fourth-order valence-electron chi connectivity index (χ4n) is 2.54. The van der Waals surface area contributed by atoms with Gasteiger partial charge in [0.2, 0.25) is 0 Å². The van der Waals surface area contributed by atoms with E-state index in [-0.39, 0.29) is 11.5 Å². The van der Waals surface area contributed by atoms with Crippen LogP contribution in [0.5, 0.6) is 0 Å². The van der Waals surface area contributed by atoms with Gasteiger partial charge in [-0.3, -0.25) is 0 Å². The molecule has 3 rings (SSSR count). The summed E-state index contributed by atoms with van der Waals surface area (Å²) in [5.74, 6) is -2.49. The second kappa shape index (κ2) is 3.80. The number of hydrogen-bond donors (Lipinski definition) is 1. The molecule has 2 aliphatic heterocycles. The van der Waals surface area contributed by atoms with Crippen LogP contribution in [0.2, 0.25) is 0 Å². The van der Waals surface area contributed by atoms with Crippen molar-refractivity contribution in [2.24, 2.45) is 0 Å². The summed E-state index contributed by atoms with van der Waals surface area (Å²) in [5.41, 5.74) is 0.756. The Hall–Kier alpha value is -1.91. The third-order valence-electron chi connectivity index (χ3n) is 3.42. The Morgan fingerprint density at radius 3 is 2.67 bits per heavy atom. The lowest BCUT2D eigenvalue weighted by Crippen LogP contribution is -2.19. The van der Waals surface area contributed by atoms with Crippen molar-refractivity contribution < 1.29 is 13.2 Å². The van der Waals surface area contributed by atoms with Crippen LogP contribution in [0.4, 0.5) is 13.2 Å². The number of halogens is 3. The lowest BCUT2D eigenvalue weighted by molar-refractivity contribution is 0.442. The van der Waals surface area contributed by atoms with Crippen LogP contribution in [0.3, 0.4) is 0 Å². The Bertz CT molecular complexity index is 566. The topological polar surface area (TPSA) is 15.3 Å². The molecule has 0 amide bonds. The fourth-order valence-corrected chi connectivity index (χ4v) is 2.54. The molecule has 5 heteroatoms. The quantitative estimate of drug-likeness (QED) is 0.773. The molecule has 2 heterocycles. The van der Waals surface area contributed by atoms with E-state index >= 15 is 0 Å². The molecule has 1 aromatic carbocycles. The van der Waals surface area contributed by atoms with Gasteiger partial charge in [0.25, 0.3) is 0 Å². The highest BCUT2D eigenvalue weighted by molar-refractivity contribution is 5.33. The van der Waals surface area contributed by atoms with Gasteiger partial charge in [-0.1, -0.05) is 6.58 Å². The molecule has 0 saturated carbocycles. The van der Waals surface area contributed by atoms with E-state index in [1.165, 1.54) is 0 Å². The third kappa shape index (κ3) is 1.50. The fraction of sp³-hybridized carbons (Fsp3) is 0.231. The van der Waals surface area contributed by atoms with Crippen molar-refractivity contribution in [2.75, 3.05) is 6.54 Å². The summed E-state index contributed by atoms with van der Waals surface area (Å²) < 4.78 is 40.5. The second-order valence-electron chi connectivity index (χ2n) is 4.50. The Morgan fingerprint density at radius 1 is 1.22 bits per heavy atom. The Kier molecular flexibility index (Phi) is 2.36. The van der Waals surface area contributed by atoms with E-state index in [0.717, 1.165) is 17.8 Å². The molecule has 2 aliphatic rings. The minimum atomic E-state index is -1.08. The van der Waals surface area contributed by atoms with E-state index in [1.807, 2.05) is 4.90 Å². The molecule has 1 fully saturated rings. The Labute approximate surface area is 102 Å². The highest BCUT2D eigenvalue weighted by Crippen LogP contribution is 2.39. The van der Waals surface area contributed by atoms with Crippen molar-refractivity contribution in [3.63, 3.8) is 0 Å². The number of fused-ring (bicyclic) bond motifs is 1. The van der Waals surface area contributed by atoms with Gasteiger partial charge in [-0.25, -0.2) is 13.2 Å². The largest absolute Gasteiger partial charge is 0.347 e. The van der Waals surface area contributed by atoms with E-state index in [2.05, 4.69) is 11.9 Å². The minimum Gasteiger partial charge on any atom is -0.347 e. The first-order valence-electron chi connectivity index (χ1n) is 5.63. The van der Waals surface area contributed by atoms with Gasteiger partial charge in [0, 0.05) is 29.9 Å². The Morgan fingerprint density at radius 2 is 1.94 bits per heavy atom. The molecular weight excluding hydrogens is 241 g/mol. The Balaban J connectivity index is 1.99. The average Bonchev–Trinajstić information content (AvgIpc) is 2.88. The first-order valence-corrected chi connectivity index (χ1v) is 5.63. The summed E-state index contributed by atoms with van der Waals surface area (Å²) in [6.45, 7) is 4.20. The van der Waals surface area contributed by atoms with Gasteiger partial charge in [0.1, 0.15) is 11.6 Å². The van der Waals surface area contributed by atoms with Gasteiger partial charge in [-0.2, -0.15) is 0 Å². The van der Waals surface area contributed by atoms with Crippen LogP contribution in [0.15, 0.2) is 36.4 Å². The molecule has 2 nitrogen and oxygen atoms in total. The maximum atomic E-state index is 13.7. The first kappa shape index (κ1) is 11.2. The minimum absolute atomic E-state index is 0.168. The second-order valence-corrected chi connectivity index (χ2v) is 4.50. The lowest BCUT2D eigenvalue weighted by Gasteiger charge is -2.16. The van der Waals surface area contributed by atoms with Crippen LogP contribution in [-0.4, -0.2) is 11.4 Å². The number of rotatable bonds is 1. The van der Waals surface area contributed by atoms with Gasteiger partial charge in [0.05, 0.1) is 0 Å². The van der Waals surface area contributed by atoms with Gasteiger partial charge in [0.15, 0.2) is 11.6 Å². The zero-order chi connectivity index (χ0) is 12.9. The smallest absolute Gasteiger partial charge is 0.165 e. The summed E-state index contributed by atoms with van der Waals surface area (Å²) >= 11 is 0. The summed E-state index contributed by atoms with van der Waals surface area (Å²) in [6.07, 6.45) is 2.24. The van der Waals surface area contributed by atoms with Gasteiger partial charge >= 0.3 is 0 Å². The molecule has 0 aliphatic carbocycles. The highest BCUT2D eigenvalue weighted by atomic mass is 19.2. The van der Waals surface area contributed by atoms with Crippen LogP contribution in [0.25, 0.3) is 0 Å². The maximum absolute atomic E-state index is 13.7. The van der Waals surface area contributed by atoms with Crippen molar-refractivity contribution in [3.8, 4) is 0 Å². The summed E-state index contributed by atoms with van der Waals surface area (Å²) in [7, 11) is 0. The maximum Gasteiger partial charge on any atom is 0.165 e. The first-order chi connectivity index (χ1) is 8.58. The van der Waals surface area contributed by atoms with Crippen molar-refractivity contribution in [1.29, 1.82) is 0 Å². The molecule has 1 saturated heterocycles. The number of nitrogens with zero attached hydrogens (tertiary/aromatic N) is 1. The monoisotopic (exact) mass is 252 g/mol. The molecule has 0 aromatic heterocycles. The van der Waals surface area contributed by atoms with Crippen LogP contribution in [-0.2, 0) is 0 Å². The van der Waals surface area contributed by atoms with Crippen molar-refractivity contribution in [2.45, 2.75) is 12.3 Å². The van der Waals surface area contributed by atoms with E-state index < -0.39 is 17.5 Å². The van der Waals surface area contributed by atoms with E-state index in [4.69, 9.17) is 0 Å². The lowest BCUT2D eigenvalue weighted by atomic mass is 9.96. The summed E-state index contributed by atoms with van der Waals surface area (Å²) in [4.78, 5) is 1.86. The molecule has 0 radical (unpaired) electrons. The highest BCUT2D eigenvalue weighted by Gasteiger charge is 2.35. The van der Waals surface area contributed by atoms with Gasteiger partial charge in [-0.15, -0.1) is 0 Å². The molecule has 1 N–H and O–H groups in total. The number of benzene rings is 1. The summed E-state index contributed by atoms with van der Waals surface area (Å²) in [5, 5.41) is 2.94. The van der Waals surface area contributed by atoms with E-state index in [1.54, 1.807) is 6.20 Å². The number of nitrogens with one attached hydrogen (secondary N) is 1. The standard InChI is InChI=1S/C13H11F3N2/c1-7-17-5-9-4-8(6-18(7)9)12-10(14)2-3-11(15)13(12)16/h2-3,5,8,17H,1,4,6H2/t8-/m0/s1. The van der Waals surface area contributed by atoms with Crippen LogP contribution in [0.1, 0.15) is 17.9 Å². The van der Waals surface area contributed by atoms with Crippen molar-refractivity contribution in [1.82, 2.24) is 10.2 Å². The predicted molar refractivity (Wildman–Crippen MR) is 60.7 cm³/mol. The van der Waals surface area contributed by atoms with E-state index in [0.29, 0.717) is 18.8 Å². The van der Waals surface area contributed by atoms with Crippen LogP contribution < -0.4 is 5.32 Å². The van der Waals surface area contributed by atoms with Crippen molar-refractivity contribution in [3.05, 3.63) is 59.4 Å². The normalized spacial score (nSPS) is 21.9. The zero-order valence-corrected chi connectivity index (χ0v) is 9.51. The summed E-state index contributed by atoms with van der Waals surface area (Å²) in [6, 6.07) is 1.78. The van der Waals surface area contributed by atoms with Gasteiger partial charge < -0.3 is 10.2 Å². The third-order valence-corrected chi connectivity index (χ3v) is 3.42. The van der Waals surface area contributed by atoms with Crippen molar-refractivity contribution >= 4 is 0 Å². The molecule has 0 unspecified atom stereocenters. The van der Waals surface area contributed by atoms with E-state index in [9.17, 15) is 13.2 Å².